The Kier molecular flexibility index (Phi) is 2.44. The SMILES string of the molecule is Cc1ccn2c(C3(CN)CCCC3)ncc2c1. The number of hydrogen-bond donors (Lipinski definition) is 1. The second-order valence-corrected chi connectivity index (χ2v) is 5.27. The Morgan fingerprint density at radius 3 is 2.88 bits per heavy atom. The molecule has 0 aromatic carbocycles. The van der Waals surface area contributed by atoms with Crippen molar-refractivity contribution in [3.05, 3.63) is 35.9 Å². The van der Waals surface area contributed by atoms with Gasteiger partial charge in [0.05, 0.1) is 11.7 Å². The summed E-state index contributed by atoms with van der Waals surface area (Å²) in [6.45, 7) is 2.82. The number of rotatable bonds is 2. The van der Waals surface area contributed by atoms with Gasteiger partial charge in [0, 0.05) is 18.2 Å². The molecule has 2 N–H and O–H groups in total. The van der Waals surface area contributed by atoms with E-state index in [-0.39, 0.29) is 5.41 Å². The minimum Gasteiger partial charge on any atom is -0.329 e. The van der Waals surface area contributed by atoms with Gasteiger partial charge in [0.25, 0.3) is 0 Å². The van der Waals surface area contributed by atoms with E-state index in [0.29, 0.717) is 6.54 Å². The lowest BCUT2D eigenvalue weighted by Gasteiger charge is -2.25. The summed E-state index contributed by atoms with van der Waals surface area (Å²) in [7, 11) is 0. The fourth-order valence-electron chi connectivity index (χ4n) is 3.07. The first kappa shape index (κ1) is 10.8. The second kappa shape index (κ2) is 3.84. The van der Waals surface area contributed by atoms with Crippen LogP contribution in [0.2, 0.25) is 0 Å². The van der Waals surface area contributed by atoms with Gasteiger partial charge in [-0.3, -0.25) is 0 Å². The van der Waals surface area contributed by atoms with Gasteiger partial charge in [-0.1, -0.05) is 12.8 Å². The Morgan fingerprint density at radius 2 is 2.18 bits per heavy atom. The van der Waals surface area contributed by atoms with Crippen LogP contribution >= 0.6 is 0 Å². The molecule has 2 heterocycles. The van der Waals surface area contributed by atoms with Crippen LogP contribution in [0.4, 0.5) is 0 Å². The highest BCUT2D eigenvalue weighted by molar-refractivity contribution is 5.49. The second-order valence-electron chi connectivity index (χ2n) is 5.27. The molecule has 3 rings (SSSR count). The van der Waals surface area contributed by atoms with E-state index in [2.05, 4.69) is 34.6 Å². The van der Waals surface area contributed by atoms with Crippen molar-refractivity contribution < 1.29 is 0 Å². The Morgan fingerprint density at radius 1 is 1.41 bits per heavy atom. The predicted octanol–water partition coefficient (Wildman–Crippen LogP) is 2.41. The Hall–Kier alpha value is -1.35. The summed E-state index contributed by atoms with van der Waals surface area (Å²) in [5.41, 5.74) is 8.60. The minimum absolute atomic E-state index is 0.113. The van der Waals surface area contributed by atoms with E-state index in [9.17, 15) is 0 Å². The van der Waals surface area contributed by atoms with Crippen molar-refractivity contribution in [3.8, 4) is 0 Å². The van der Waals surface area contributed by atoms with Gasteiger partial charge in [-0.25, -0.2) is 4.98 Å². The number of hydrogen-bond acceptors (Lipinski definition) is 2. The van der Waals surface area contributed by atoms with Gasteiger partial charge >= 0.3 is 0 Å². The minimum atomic E-state index is 0.113. The zero-order valence-corrected chi connectivity index (χ0v) is 10.3. The first-order valence-corrected chi connectivity index (χ1v) is 6.39. The van der Waals surface area contributed by atoms with Crippen molar-refractivity contribution in [2.75, 3.05) is 6.54 Å². The van der Waals surface area contributed by atoms with Gasteiger partial charge in [0.2, 0.25) is 0 Å². The van der Waals surface area contributed by atoms with E-state index in [1.165, 1.54) is 36.8 Å². The molecule has 1 aliphatic rings. The topological polar surface area (TPSA) is 43.3 Å². The Labute approximate surface area is 102 Å². The van der Waals surface area contributed by atoms with Crippen LogP contribution < -0.4 is 5.73 Å². The standard InChI is InChI=1S/C14H19N3/c1-11-4-7-17-12(8-11)9-16-13(17)14(10-15)5-2-3-6-14/h4,7-9H,2-3,5-6,10,15H2,1H3. The lowest BCUT2D eigenvalue weighted by molar-refractivity contribution is 0.423. The van der Waals surface area contributed by atoms with Gasteiger partial charge in [-0.05, 0) is 37.5 Å². The fourth-order valence-corrected chi connectivity index (χ4v) is 3.07. The lowest BCUT2D eigenvalue weighted by Crippen LogP contribution is -2.34. The Balaban J connectivity index is 2.17. The van der Waals surface area contributed by atoms with Crippen LogP contribution in [0.1, 0.15) is 37.1 Å². The molecule has 0 saturated heterocycles. The highest BCUT2D eigenvalue weighted by atomic mass is 15.0. The third-order valence-corrected chi connectivity index (χ3v) is 4.11. The van der Waals surface area contributed by atoms with Crippen LogP contribution in [0.3, 0.4) is 0 Å². The van der Waals surface area contributed by atoms with Gasteiger partial charge in [0.1, 0.15) is 5.82 Å². The normalized spacial score (nSPS) is 18.9. The number of aromatic nitrogens is 2. The average molecular weight is 229 g/mol. The lowest BCUT2D eigenvalue weighted by atomic mass is 9.85. The quantitative estimate of drug-likeness (QED) is 0.859. The molecule has 3 heteroatoms. The van der Waals surface area contributed by atoms with E-state index in [4.69, 9.17) is 5.73 Å². The molecule has 0 aliphatic heterocycles. The summed E-state index contributed by atoms with van der Waals surface area (Å²) < 4.78 is 2.21. The van der Waals surface area contributed by atoms with Crippen LogP contribution in [0.15, 0.2) is 24.5 Å². The summed E-state index contributed by atoms with van der Waals surface area (Å²) >= 11 is 0. The molecule has 0 unspecified atom stereocenters. The van der Waals surface area contributed by atoms with Crippen LogP contribution in [-0.2, 0) is 5.41 Å². The van der Waals surface area contributed by atoms with Crippen LogP contribution in [0.5, 0.6) is 0 Å². The smallest absolute Gasteiger partial charge is 0.120 e. The molecule has 1 aliphatic carbocycles. The summed E-state index contributed by atoms with van der Waals surface area (Å²) in [6.07, 6.45) is 9.00. The number of fused-ring (bicyclic) bond motifs is 1. The van der Waals surface area contributed by atoms with Gasteiger partial charge in [0.15, 0.2) is 0 Å². The van der Waals surface area contributed by atoms with Gasteiger partial charge in [-0.15, -0.1) is 0 Å². The molecule has 0 amide bonds. The largest absolute Gasteiger partial charge is 0.329 e. The summed E-state index contributed by atoms with van der Waals surface area (Å²) in [4.78, 5) is 4.64. The van der Waals surface area contributed by atoms with Crippen molar-refractivity contribution in [1.29, 1.82) is 0 Å². The van der Waals surface area contributed by atoms with Gasteiger partial charge in [-0.2, -0.15) is 0 Å². The van der Waals surface area contributed by atoms with Crippen LogP contribution in [-0.4, -0.2) is 15.9 Å². The van der Waals surface area contributed by atoms with E-state index < -0.39 is 0 Å². The maximum Gasteiger partial charge on any atom is 0.120 e. The molecule has 1 saturated carbocycles. The Bertz CT molecular complexity index is 535. The third kappa shape index (κ3) is 1.57. The molecular weight excluding hydrogens is 210 g/mol. The molecule has 90 valence electrons. The van der Waals surface area contributed by atoms with Crippen molar-refractivity contribution in [1.82, 2.24) is 9.38 Å². The highest BCUT2D eigenvalue weighted by Gasteiger charge is 2.37. The average Bonchev–Trinajstić information content (AvgIpc) is 2.94. The molecule has 0 atom stereocenters. The summed E-state index contributed by atoms with van der Waals surface area (Å²) in [6, 6.07) is 4.31. The molecule has 0 bridgehead atoms. The van der Waals surface area contributed by atoms with Crippen molar-refractivity contribution in [3.63, 3.8) is 0 Å². The molecule has 0 spiro atoms. The molecule has 0 radical (unpaired) electrons. The molecular formula is C14H19N3. The van der Waals surface area contributed by atoms with E-state index in [1.54, 1.807) is 0 Å². The summed E-state index contributed by atoms with van der Waals surface area (Å²) in [5.74, 6) is 1.16. The van der Waals surface area contributed by atoms with Crippen LogP contribution in [0, 0.1) is 6.92 Å². The zero-order valence-electron chi connectivity index (χ0n) is 10.3. The first-order valence-electron chi connectivity index (χ1n) is 6.39. The van der Waals surface area contributed by atoms with E-state index in [0.717, 1.165) is 5.82 Å². The molecule has 1 fully saturated rings. The number of nitrogens with two attached hydrogens (primary N) is 1. The number of nitrogens with zero attached hydrogens (tertiary/aromatic N) is 2. The third-order valence-electron chi connectivity index (χ3n) is 4.11. The monoisotopic (exact) mass is 229 g/mol. The van der Waals surface area contributed by atoms with Crippen LogP contribution in [0.25, 0.3) is 5.52 Å². The van der Waals surface area contributed by atoms with E-state index in [1.807, 2.05) is 6.20 Å². The zero-order chi connectivity index (χ0) is 11.9. The molecule has 3 nitrogen and oxygen atoms in total. The van der Waals surface area contributed by atoms with Gasteiger partial charge < -0.3 is 10.1 Å². The van der Waals surface area contributed by atoms with Crippen molar-refractivity contribution in [2.45, 2.75) is 38.0 Å². The van der Waals surface area contributed by atoms with Crippen molar-refractivity contribution >= 4 is 5.52 Å². The number of imidazole rings is 1. The maximum absolute atomic E-state index is 6.03. The first-order chi connectivity index (χ1) is 8.25. The molecule has 2 aromatic heterocycles. The van der Waals surface area contributed by atoms with Crippen molar-refractivity contribution in [2.24, 2.45) is 5.73 Å². The predicted molar refractivity (Wildman–Crippen MR) is 69.1 cm³/mol. The number of pyridine rings is 1. The fraction of sp³-hybridized carbons (Fsp3) is 0.500. The highest BCUT2D eigenvalue weighted by Crippen LogP contribution is 2.39. The molecule has 17 heavy (non-hydrogen) atoms. The van der Waals surface area contributed by atoms with E-state index >= 15 is 0 Å². The summed E-state index contributed by atoms with van der Waals surface area (Å²) in [5, 5.41) is 0. The maximum atomic E-state index is 6.03. The molecule has 2 aromatic rings. The number of aryl methyl sites for hydroxylation is 1.